The van der Waals surface area contributed by atoms with Crippen molar-refractivity contribution < 1.29 is 5.21 Å². The van der Waals surface area contributed by atoms with Gasteiger partial charge in [0, 0.05) is 12.0 Å². The number of nitrogens with zero attached hydrogens (tertiary/aromatic N) is 1. The van der Waals surface area contributed by atoms with Crippen LogP contribution in [0.25, 0.3) is 0 Å². The van der Waals surface area contributed by atoms with Gasteiger partial charge in [-0.25, -0.2) is 0 Å². The van der Waals surface area contributed by atoms with Gasteiger partial charge in [0.05, 0.1) is 6.04 Å². The van der Waals surface area contributed by atoms with E-state index in [0.29, 0.717) is 0 Å². The summed E-state index contributed by atoms with van der Waals surface area (Å²) in [5, 5.41) is 15.1. The van der Waals surface area contributed by atoms with Crippen molar-refractivity contribution in [3.8, 4) is 0 Å². The van der Waals surface area contributed by atoms with E-state index >= 15 is 0 Å². The average molecular weight is 249 g/mol. The van der Waals surface area contributed by atoms with Crippen molar-refractivity contribution in [2.45, 2.75) is 38.6 Å². The number of hydrogen-bond acceptors (Lipinski definition) is 3. The third-order valence-electron chi connectivity index (χ3n) is 3.23. The lowest BCUT2D eigenvalue weighted by molar-refractivity contribution is 0.313. The smallest absolute Gasteiger partial charge is 0.156 e. The Bertz CT molecular complexity index is 387. The zero-order valence-electron chi connectivity index (χ0n) is 11.4. The molecule has 0 heterocycles. The highest BCUT2D eigenvalue weighted by molar-refractivity contribution is 5.85. The molecule has 0 aliphatic carbocycles. The van der Waals surface area contributed by atoms with Crippen LogP contribution in [0.3, 0.4) is 0 Å². The Morgan fingerprint density at radius 2 is 2.00 bits per heavy atom. The molecular weight excluding hydrogens is 226 g/mol. The largest absolute Gasteiger partial charge is 0.409 e. The van der Waals surface area contributed by atoms with Crippen LogP contribution in [0.1, 0.15) is 32.8 Å². The Hall–Kier alpha value is -1.55. The summed E-state index contributed by atoms with van der Waals surface area (Å²) < 4.78 is 0. The van der Waals surface area contributed by atoms with Crippen LogP contribution < -0.4 is 11.1 Å². The topological polar surface area (TPSA) is 70.6 Å². The summed E-state index contributed by atoms with van der Waals surface area (Å²) in [7, 11) is 0. The minimum Gasteiger partial charge on any atom is -0.409 e. The van der Waals surface area contributed by atoms with Crippen molar-refractivity contribution in [1.29, 1.82) is 0 Å². The fourth-order valence-corrected chi connectivity index (χ4v) is 1.90. The van der Waals surface area contributed by atoms with Gasteiger partial charge < -0.3 is 16.3 Å². The molecule has 0 saturated carbocycles. The fourth-order valence-electron chi connectivity index (χ4n) is 1.90. The Labute approximate surface area is 109 Å². The molecule has 0 aliphatic heterocycles. The highest BCUT2D eigenvalue weighted by atomic mass is 16.4. The Morgan fingerprint density at radius 1 is 1.39 bits per heavy atom. The molecule has 1 aromatic rings. The first-order chi connectivity index (χ1) is 8.51. The van der Waals surface area contributed by atoms with Crippen molar-refractivity contribution in [1.82, 2.24) is 5.32 Å². The summed E-state index contributed by atoms with van der Waals surface area (Å²) >= 11 is 0. The van der Waals surface area contributed by atoms with E-state index < -0.39 is 0 Å². The molecule has 0 fully saturated rings. The monoisotopic (exact) mass is 249 g/mol. The van der Waals surface area contributed by atoms with E-state index in [4.69, 9.17) is 10.9 Å². The molecule has 1 atom stereocenters. The van der Waals surface area contributed by atoms with Gasteiger partial charge in [0.2, 0.25) is 0 Å². The van der Waals surface area contributed by atoms with E-state index in [0.717, 1.165) is 13.0 Å². The maximum atomic E-state index is 8.71. The number of benzene rings is 1. The van der Waals surface area contributed by atoms with Crippen LogP contribution in [-0.4, -0.2) is 23.6 Å². The minimum absolute atomic E-state index is 0.00438. The summed E-state index contributed by atoms with van der Waals surface area (Å²) in [5.41, 5.74) is 6.91. The van der Waals surface area contributed by atoms with Crippen LogP contribution in [0.15, 0.2) is 35.5 Å². The van der Waals surface area contributed by atoms with E-state index in [2.05, 4.69) is 36.5 Å². The van der Waals surface area contributed by atoms with Crippen molar-refractivity contribution in [2.75, 3.05) is 6.54 Å². The predicted molar refractivity (Wildman–Crippen MR) is 75.0 cm³/mol. The first kappa shape index (κ1) is 14.5. The second kappa shape index (κ2) is 6.40. The lowest BCUT2D eigenvalue weighted by Crippen LogP contribution is -2.45. The summed E-state index contributed by atoms with van der Waals surface area (Å²) in [6, 6.07) is 10.2. The molecule has 0 aliphatic rings. The Morgan fingerprint density at radius 3 is 2.50 bits per heavy atom. The molecule has 4 N–H and O–H groups in total. The second-order valence-electron chi connectivity index (χ2n) is 5.12. The van der Waals surface area contributed by atoms with E-state index in [9.17, 15) is 0 Å². The number of amidine groups is 1. The molecular formula is C14H23N3O. The van der Waals surface area contributed by atoms with Crippen molar-refractivity contribution in [2.24, 2.45) is 10.9 Å². The van der Waals surface area contributed by atoms with Gasteiger partial charge in [0.25, 0.3) is 0 Å². The summed E-state index contributed by atoms with van der Waals surface area (Å²) in [6.07, 6.45) is 0.792. The van der Waals surface area contributed by atoms with Gasteiger partial charge >= 0.3 is 0 Å². The molecule has 1 aromatic carbocycles. The first-order valence-electron chi connectivity index (χ1n) is 6.27. The molecule has 1 unspecified atom stereocenters. The summed E-state index contributed by atoms with van der Waals surface area (Å²) in [4.78, 5) is 0. The third-order valence-corrected chi connectivity index (χ3v) is 3.23. The average Bonchev–Trinajstić information content (AvgIpc) is 2.40. The highest BCUT2D eigenvalue weighted by Gasteiger charge is 2.22. The molecule has 18 heavy (non-hydrogen) atoms. The number of nitrogens with two attached hydrogens (primary N) is 1. The zero-order chi connectivity index (χ0) is 13.6. The number of oxime groups is 1. The van der Waals surface area contributed by atoms with Crippen molar-refractivity contribution in [3.05, 3.63) is 35.9 Å². The predicted octanol–water partition coefficient (Wildman–Crippen LogP) is 2.08. The van der Waals surface area contributed by atoms with Gasteiger partial charge in [-0.05, 0) is 12.0 Å². The molecule has 0 spiro atoms. The van der Waals surface area contributed by atoms with E-state index in [1.54, 1.807) is 0 Å². The van der Waals surface area contributed by atoms with Crippen LogP contribution in [0.4, 0.5) is 0 Å². The number of nitrogens with one attached hydrogen (secondary N) is 1. The minimum atomic E-state index is -0.0852. The van der Waals surface area contributed by atoms with Crippen molar-refractivity contribution >= 4 is 5.84 Å². The van der Waals surface area contributed by atoms with Crippen LogP contribution in [0, 0.1) is 0 Å². The number of rotatable bonds is 6. The maximum absolute atomic E-state index is 8.71. The quantitative estimate of drug-likeness (QED) is 0.313. The van der Waals surface area contributed by atoms with Gasteiger partial charge in [-0.2, -0.15) is 0 Å². The van der Waals surface area contributed by atoms with Crippen LogP contribution in [0.5, 0.6) is 0 Å². The lowest BCUT2D eigenvalue weighted by Gasteiger charge is -2.28. The Kier molecular flexibility index (Phi) is 5.16. The molecule has 0 aromatic heterocycles. The molecule has 4 nitrogen and oxygen atoms in total. The molecule has 0 bridgehead atoms. The molecule has 0 saturated heterocycles. The van der Waals surface area contributed by atoms with E-state index in [-0.39, 0.29) is 17.3 Å². The lowest BCUT2D eigenvalue weighted by atomic mass is 9.84. The van der Waals surface area contributed by atoms with Gasteiger partial charge in [0.15, 0.2) is 5.84 Å². The van der Waals surface area contributed by atoms with E-state index in [1.807, 2.05) is 25.1 Å². The SMILES string of the molecule is CCC(NCC(C)(C)c1ccccc1)C(N)=NO. The molecule has 0 amide bonds. The van der Waals surface area contributed by atoms with Crippen LogP contribution >= 0.6 is 0 Å². The standard InChI is InChI=1S/C14H23N3O/c1-4-12(13(15)17-18)16-10-14(2,3)11-8-6-5-7-9-11/h5-9,12,16,18H,4,10H2,1-3H3,(H2,15,17). The normalized spacial score (nSPS) is 14.5. The highest BCUT2D eigenvalue weighted by Crippen LogP contribution is 2.21. The van der Waals surface area contributed by atoms with E-state index in [1.165, 1.54) is 5.56 Å². The molecule has 100 valence electrons. The second-order valence-corrected chi connectivity index (χ2v) is 5.12. The molecule has 0 radical (unpaired) electrons. The zero-order valence-corrected chi connectivity index (χ0v) is 11.4. The number of hydrogen-bond donors (Lipinski definition) is 3. The first-order valence-corrected chi connectivity index (χ1v) is 6.27. The molecule has 1 rings (SSSR count). The Balaban J connectivity index is 2.67. The van der Waals surface area contributed by atoms with Gasteiger partial charge in [-0.15, -0.1) is 0 Å². The fraction of sp³-hybridized carbons (Fsp3) is 0.500. The van der Waals surface area contributed by atoms with Gasteiger partial charge in [-0.3, -0.25) is 0 Å². The summed E-state index contributed by atoms with van der Waals surface area (Å²) in [5.74, 6) is 0.237. The van der Waals surface area contributed by atoms with Gasteiger partial charge in [-0.1, -0.05) is 56.3 Å². The van der Waals surface area contributed by atoms with Crippen LogP contribution in [-0.2, 0) is 5.41 Å². The molecule has 4 heteroatoms. The summed E-state index contributed by atoms with van der Waals surface area (Å²) in [6.45, 7) is 7.12. The maximum Gasteiger partial charge on any atom is 0.156 e. The third kappa shape index (κ3) is 3.74. The van der Waals surface area contributed by atoms with Crippen LogP contribution in [0.2, 0.25) is 0 Å². The van der Waals surface area contributed by atoms with Gasteiger partial charge in [0.1, 0.15) is 0 Å². The van der Waals surface area contributed by atoms with Crippen molar-refractivity contribution in [3.63, 3.8) is 0 Å².